The predicted molar refractivity (Wildman–Crippen MR) is 43.2 cm³/mol. The van der Waals surface area contributed by atoms with Crippen LogP contribution in [0, 0.1) is 0 Å². The van der Waals surface area contributed by atoms with Gasteiger partial charge in [-0.15, -0.1) is 0 Å². The number of fused-ring (bicyclic) bond motifs is 1. The Labute approximate surface area is 70.8 Å². The van der Waals surface area contributed by atoms with Gasteiger partial charge in [0.25, 0.3) is 0 Å². The normalized spacial score (nSPS) is 20.5. The zero-order valence-electron chi connectivity index (χ0n) is 6.62. The number of hydrogen-bond donors (Lipinski definition) is 0. The molecule has 0 bridgehead atoms. The Hall–Kier alpha value is -1.31. The van der Waals surface area contributed by atoms with Crippen LogP contribution in [0.4, 0.5) is 0 Å². The van der Waals surface area contributed by atoms with Gasteiger partial charge in [0.15, 0.2) is 0 Å². The first kappa shape index (κ1) is 7.35. The molecule has 2 heteroatoms. The van der Waals surface area contributed by atoms with E-state index in [9.17, 15) is 9.90 Å². The van der Waals surface area contributed by atoms with Gasteiger partial charge in [-0.1, -0.05) is 24.3 Å². The van der Waals surface area contributed by atoms with Gasteiger partial charge in [0.2, 0.25) is 0 Å². The van der Waals surface area contributed by atoms with Crippen molar-refractivity contribution in [1.82, 2.24) is 0 Å². The van der Waals surface area contributed by atoms with Crippen molar-refractivity contribution < 1.29 is 9.90 Å². The summed E-state index contributed by atoms with van der Waals surface area (Å²) in [6.45, 7) is 0. The number of hydrogen-bond acceptors (Lipinski definition) is 1. The molecule has 2 nitrogen and oxygen atoms in total. The molecular weight excluding hydrogens is 152 g/mol. The van der Waals surface area contributed by atoms with Crippen molar-refractivity contribution in [3.05, 3.63) is 35.4 Å². The highest BCUT2D eigenvalue weighted by atomic mass is 16.4. The average molecular weight is 161 g/mol. The van der Waals surface area contributed by atoms with Crippen LogP contribution in [-0.2, 0) is 16.3 Å². The maximum atomic E-state index is 10.7. The van der Waals surface area contributed by atoms with Crippen LogP contribution >= 0.6 is 0 Å². The van der Waals surface area contributed by atoms with Gasteiger partial charge in [-0.2, -0.15) is 0 Å². The summed E-state index contributed by atoms with van der Waals surface area (Å²) in [7, 11) is 0. The van der Waals surface area contributed by atoms with Crippen LogP contribution in [-0.4, -0.2) is 5.97 Å². The van der Waals surface area contributed by atoms with Crippen molar-refractivity contribution in [3.63, 3.8) is 0 Å². The summed E-state index contributed by atoms with van der Waals surface area (Å²) < 4.78 is 0. The molecule has 1 aliphatic rings. The van der Waals surface area contributed by atoms with E-state index in [4.69, 9.17) is 0 Å². The molecule has 1 aromatic carbocycles. The van der Waals surface area contributed by atoms with Gasteiger partial charge in [-0.3, -0.25) is 0 Å². The third-order valence-corrected chi connectivity index (χ3v) is 2.42. The Bertz CT molecular complexity index is 317. The molecule has 12 heavy (non-hydrogen) atoms. The summed E-state index contributed by atoms with van der Waals surface area (Å²) in [5.41, 5.74) is 2.10. The van der Waals surface area contributed by atoms with Gasteiger partial charge in [-0.25, -0.2) is 9.90 Å². The van der Waals surface area contributed by atoms with Gasteiger partial charge < -0.3 is 0 Å². The fraction of sp³-hybridized carbons (Fsp3) is 0.300. The molecule has 1 aromatic rings. The Kier molecular flexibility index (Phi) is 1.61. The molecular formula is C10H9O2. The highest BCUT2D eigenvalue weighted by Gasteiger charge is 2.28. The summed E-state index contributed by atoms with van der Waals surface area (Å²) in [6, 6.07) is 7.68. The SMILES string of the molecule is [O]C(=O)C1CCc2ccccc21. The molecule has 61 valence electrons. The maximum absolute atomic E-state index is 10.7. The topological polar surface area (TPSA) is 37.0 Å². The van der Waals surface area contributed by atoms with Crippen LogP contribution < -0.4 is 0 Å². The van der Waals surface area contributed by atoms with Crippen LogP contribution in [0.3, 0.4) is 0 Å². The van der Waals surface area contributed by atoms with E-state index in [1.807, 2.05) is 24.3 Å². The molecule has 0 fully saturated rings. The highest BCUT2D eigenvalue weighted by Crippen LogP contribution is 2.32. The molecule has 0 spiro atoms. The highest BCUT2D eigenvalue weighted by molar-refractivity contribution is 5.77. The minimum atomic E-state index is -0.944. The monoisotopic (exact) mass is 161 g/mol. The average Bonchev–Trinajstić information content (AvgIpc) is 2.47. The maximum Gasteiger partial charge on any atom is 0.362 e. The molecule has 1 atom stereocenters. The smallest absolute Gasteiger partial charge is 0.247 e. The molecule has 0 amide bonds. The van der Waals surface area contributed by atoms with E-state index in [0.29, 0.717) is 6.42 Å². The summed E-state index contributed by atoms with van der Waals surface area (Å²) in [5.74, 6) is -1.32. The van der Waals surface area contributed by atoms with Crippen LogP contribution in [0.1, 0.15) is 23.5 Å². The second kappa shape index (κ2) is 2.63. The lowest BCUT2D eigenvalue weighted by Gasteiger charge is -2.01. The van der Waals surface area contributed by atoms with E-state index >= 15 is 0 Å². The lowest BCUT2D eigenvalue weighted by molar-refractivity contribution is -0.144. The van der Waals surface area contributed by atoms with Crippen molar-refractivity contribution in [2.45, 2.75) is 18.8 Å². The van der Waals surface area contributed by atoms with Gasteiger partial charge in [0.05, 0.1) is 5.92 Å². The Morgan fingerprint density at radius 1 is 1.33 bits per heavy atom. The van der Waals surface area contributed by atoms with Crippen molar-refractivity contribution in [3.8, 4) is 0 Å². The van der Waals surface area contributed by atoms with E-state index in [2.05, 4.69) is 0 Å². The molecule has 0 aliphatic heterocycles. The second-order valence-electron chi connectivity index (χ2n) is 3.11. The van der Waals surface area contributed by atoms with Gasteiger partial charge >= 0.3 is 5.97 Å². The van der Waals surface area contributed by atoms with E-state index in [-0.39, 0.29) is 5.92 Å². The Morgan fingerprint density at radius 2 is 2.08 bits per heavy atom. The van der Waals surface area contributed by atoms with Crippen molar-refractivity contribution in [1.29, 1.82) is 0 Å². The van der Waals surface area contributed by atoms with Crippen LogP contribution in [0.2, 0.25) is 0 Å². The minimum absolute atomic E-state index is 0.374. The van der Waals surface area contributed by atoms with Crippen LogP contribution in [0.15, 0.2) is 24.3 Å². The number of carbonyl (C=O) groups is 1. The lowest BCUT2D eigenvalue weighted by atomic mass is 10.0. The first-order chi connectivity index (χ1) is 5.79. The number of carbonyl (C=O) groups excluding carboxylic acids is 1. The molecule has 2 rings (SSSR count). The van der Waals surface area contributed by atoms with Gasteiger partial charge in [0, 0.05) is 0 Å². The first-order valence-electron chi connectivity index (χ1n) is 4.07. The Morgan fingerprint density at radius 3 is 2.83 bits per heavy atom. The fourth-order valence-corrected chi connectivity index (χ4v) is 1.80. The zero-order valence-corrected chi connectivity index (χ0v) is 6.62. The molecule has 0 heterocycles. The molecule has 1 unspecified atom stereocenters. The number of benzene rings is 1. The largest absolute Gasteiger partial charge is 0.362 e. The van der Waals surface area contributed by atoms with E-state index in [1.54, 1.807) is 0 Å². The summed E-state index contributed by atoms with van der Waals surface area (Å²) in [6.07, 6.45) is 1.57. The van der Waals surface area contributed by atoms with E-state index in [1.165, 1.54) is 0 Å². The zero-order chi connectivity index (χ0) is 8.55. The second-order valence-corrected chi connectivity index (χ2v) is 3.11. The summed E-state index contributed by atoms with van der Waals surface area (Å²) in [5, 5.41) is 10.7. The quantitative estimate of drug-likeness (QED) is 0.617. The minimum Gasteiger partial charge on any atom is -0.247 e. The molecule has 0 aromatic heterocycles. The van der Waals surface area contributed by atoms with Crippen molar-refractivity contribution in [2.24, 2.45) is 0 Å². The van der Waals surface area contributed by atoms with E-state index < -0.39 is 5.97 Å². The van der Waals surface area contributed by atoms with Gasteiger partial charge in [-0.05, 0) is 24.0 Å². The predicted octanol–water partition coefficient (Wildman–Crippen LogP) is 1.67. The number of aryl methyl sites for hydroxylation is 1. The third-order valence-electron chi connectivity index (χ3n) is 2.42. The molecule has 1 radical (unpaired) electrons. The standard InChI is InChI=1S/C10H9O2/c11-10(12)9-6-5-7-3-1-2-4-8(7)9/h1-4,9H,5-6H2. The fourth-order valence-electron chi connectivity index (χ4n) is 1.80. The number of rotatable bonds is 1. The Balaban J connectivity index is 2.42. The molecule has 0 N–H and O–H groups in total. The van der Waals surface area contributed by atoms with Crippen LogP contribution in [0.5, 0.6) is 0 Å². The van der Waals surface area contributed by atoms with Crippen LogP contribution in [0.25, 0.3) is 0 Å². The third kappa shape index (κ3) is 0.998. The molecule has 0 saturated carbocycles. The lowest BCUT2D eigenvalue weighted by Crippen LogP contribution is -2.05. The van der Waals surface area contributed by atoms with Crippen molar-refractivity contribution in [2.75, 3.05) is 0 Å². The van der Waals surface area contributed by atoms with Crippen molar-refractivity contribution >= 4 is 5.97 Å². The molecule has 0 saturated heterocycles. The summed E-state index contributed by atoms with van der Waals surface area (Å²) >= 11 is 0. The summed E-state index contributed by atoms with van der Waals surface area (Å²) in [4.78, 5) is 10.7. The van der Waals surface area contributed by atoms with Gasteiger partial charge in [0.1, 0.15) is 0 Å². The van der Waals surface area contributed by atoms with E-state index in [0.717, 1.165) is 17.5 Å². The molecule has 1 aliphatic carbocycles. The first-order valence-corrected chi connectivity index (χ1v) is 4.07.